The van der Waals surface area contributed by atoms with Gasteiger partial charge in [0.15, 0.2) is 11.5 Å². The van der Waals surface area contributed by atoms with Gasteiger partial charge in [-0.25, -0.2) is 0 Å². The Kier molecular flexibility index (Phi) is 5.90. The van der Waals surface area contributed by atoms with E-state index in [2.05, 4.69) is 65.1 Å². The number of rotatable bonds is 6. The molecular weight excluding hydrogens is 475 g/mol. The SMILES string of the molecule is COc1cc2c(OCc3ccccc3)cc(I)c(-c3ccccc3)c2cc1OC. The fourth-order valence-corrected chi connectivity index (χ4v) is 4.32. The molecule has 146 valence electrons. The predicted octanol–water partition coefficient (Wildman–Crippen LogP) is 6.71. The van der Waals surface area contributed by atoms with E-state index in [0.717, 1.165) is 36.8 Å². The molecule has 0 amide bonds. The van der Waals surface area contributed by atoms with E-state index in [0.29, 0.717) is 18.1 Å². The van der Waals surface area contributed by atoms with Gasteiger partial charge in [0.05, 0.1) is 14.2 Å². The number of hydrogen-bond acceptors (Lipinski definition) is 3. The van der Waals surface area contributed by atoms with Crippen molar-refractivity contribution in [2.45, 2.75) is 6.61 Å². The van der Waals surface area contributed by atoms with Gasteiger partial charge in [0.25, 0.3) is 0 Å². The van der Waals surface area contributed by atoms with Gasteiger partial charge in [-0.05, 0) is 57.3 Å². The maximum Gasteiger partial charge on any atom is 0.161 e. The quantitative estimate of drug-likeness (QED) is 0.278. The molecule has 0 aliphatic heterocycles. The molecule has 0 bridgehead atoms. The van der Waals surface area contributed by atoms with Crippen molar-refractivity contribution < 1.29 is 14.2 Å². The largest absolute Gasteiger partial charge is 0.493 e. The zero-order chi connectivity index (χ0) is 20.2. The average molecular weight is 496 g/mol. The van der Waals surface area contributed by atoms with E-state index in [1.165, 1.54) is 0 Å². The zero-order valence-electron chi connectivity index (χ0n) is 16.3. The third-order valence-corrected chi connectivity index (χ3v) is 5.71. The molecule has 0 aliphatic rings. The van der Waals surface area contributed by atoms with Crippen molar-refractivity contribution in [1.82, 2.24) is 0 Å². The minimum atomic E-state index is 0.505. The molecule has 29 heavy (non-hydrogen) atoms. The monoisotopic (exact) mass is 496 g/mol. The lowest BCUT2D eigenvalue weighted by Crippen LogP contribution is -1.99. The summed E-state index contributed by atoms with van der Waals surface area (Å²) in [4.78, 5) is 0. The highest BCUT2D eigenvalue weighted by Crippen LogP contribution is 2.43. The Morgan fingerprint density at radius 1 is 0.690 bits per heavy atom. The summed E-state index contributed by atoms with van der Waals surface area (Å²) in [6, 6.07) is 26.7. The molecule has 4 aromatic carbocycles. The van der Waals surface area contributed by atoms with E-state index in [4.69, 9.17) is 14.2 Å². The molecule has 0 saturated carbocycles. The maximum atomic E-state index is 6.25. The van der Waals surface area contributed by atoms with Gasteiger partial charge >= 0.3 is 0 Å². The molecule has 0 spiro atoms. The molecule has 4 heteroatoms. The Morgan fingerprint density at radius 3 is 1.90 bits per heavy atom. The lowest BCUT2D eigenvalue weighted by molar-refractivity contribution is 0.309. The van der Waals surface area contributed by atoms with Crippen LogP contribution in [0.2, 0.25) is 0 Å². The highest BCUT2D eigenvalue weighted by atomic mass is 127. The number of methoxy groups -OCH3 is 2. The van der Waals surface area contributed by atoms with E-state index in [1.807, 2.05) is 36.4 Å². The third-order valence-electron chi connectivity index (χ3n) is 4.85. The van der Waals surface area contributed by atoms with Crippen LogP contribution in [0.4, 0.5) is 0 Å². The van der Waals surface area contributed by atoms with E-state index in [9.17, 15) is 0 Å². The lowest BCUT2D eigenvalue weighted by Gasteiger charge is -2.17. The van der Waals surface area contributed by atoms with Gasteiger partial charge in [0.1, 0.15) is 12.4 Å². The molecule has 3 nitrogen and oxygen atoms in total. The molecule has 0 radical (unpaired) electrons. The third kappa shape index (κ3) is 4.03. The normalized spacial score (nSPS) is 10.7. The van der Waals surface area contributed by atoms with Gasteiger partial charge in [-0.15, -0.1) is 0 Å². The van der Waals surface area contributed by atoms with Gasteiger partial charge in [0, 0.05) is 14.5 Å². The molecule has 4 aromatic rings. The van der Waals surface area contributed by atoms with Gasteiger partial charge in [-0.1, -0.05) is 60.7 Å². The summed E-state index contributed by atoms with van der Waals surface area (Å²) < 4.78 is 18.5. The molecule has 0 aromatic heterocycles. The average Bonchev–Trinajstić information content (AvgIpc) is 2.77. The van der Waals surface area contributed by atoms with Crippen molar-refractivity contribution >= 4 is 33.4 Å². The number of ether oxygens (including phenoxy) is 3. The first kappa shape index (κ1) is 19.6. The van der Waals surface area contributed by atoms with Crippen LogP contribution >= 0.6 is 22.6 Å². The second-order valence-corrected chi connectivity index (χ2v) is 7.79. The Hall–Kier alpha value is -2.73. The fourth-order valence-electron chi connectivity index (χ4n) is 3.44. The van der Waals surface area contributed by atoms with Gasteiger partial charge in [-0.2, -0.15) is 0 Å². The van der Waals surface area contributed by atoms with Gasteiger partial charge in [0.2, 0.25) is 0 Å². The summed E-state index contributed by atoms with van der Waals surface area (Å²) in [6.07, 6.45) is 0. The maximum absolute atomic E-state index is 6.25. The molecule has 0 saturated heterocycles. The van der Waals surface area contributed by atoms with Crippen LogP contribution in [0.15, 0.2) is 78.9 Å². The van der Waals surface area contributed by atoms with Crippen LogP contribution in [0.5, 0.6) is 17.2 Å². The van der Waals surface area contributed by atoms with Crippen LogP contribution < -0.4 is 14.2 Å². The van der Waals surface area contributed by atoms with Gasteiger partial charge < -0.3 is 14.2 Å². The predicted molar refractivity (Wildman–Crippen MR) is 126 cm³/mol. The molecule has 0 unspecified atom stereocenters. The molecule has 0 atom stereocenters. The minimum absolute atomic E-state index is 0.505. The van der Waals surface area contributed by atoms with E-state index in [-0.39, 0.29) is 0 Å². The molecule has 0 aliphatic carbocycles. The Labute approximate surface area is 184 Å². The number of hydrogen-bond donors (Lipinski definition) is 0. The Morgan fingerprint density at radius 2 is 1.28 bits per heavy atom. The van der Waals surface area contributed by atoms with Crippen molar-refractivity contribution in [2.24, 2.45) is 0 Å². The van der Waals surface area contributed by atoms with E-state index < -0.39 is 0 Å². The summed E-state index contributed by atoms with van der Waals surface area (Å²) in [7, 11) is 3.31. The fraction of sp³-hybridized carbons (Fsp3) is 0.120. The number of halogens is 1. The molecule has 0 heterocycles. The first-order valence-electron chi connectivity index (χ1n) is 9.31. The van der Waals surface area contributed by atoms with E-state index >= 15 is 0 Å². The van der Waals surface area contributed by atoms with Crippen LogP contribution in [-0.4, -0.2) is 14.2 Å². The summed E-state index contributed by atoms with van der Waals surface area (Å²) >= 11 is 2.38. The number of fused-ring (bicyclic) bond motifs is 1. The van der Waals surface area contributed by atoms with Crippen LogP contribution in [0.25, 0.3) is 21.9 Å². The lowest BCUT2D eigenvalue weighted by atomic mass is 9.97. The topological polar surface area (TPSA) is 27.7 Å². The standard InChI is InChI=1S/C25H21IO3/c1-27-23-13-19-20(14-24(23)28-2)25(18-11-7-4-8-12-18)21(26)15-22(19)29-16-17-9-5-3-6-10-17/h3-15H,16H2,1-2H3. The second-order valence-electron chi connectivity index (χ2n) is 6.62. The van der Waals surface area contributed by atoms with Crippen LogP contribution in [0, 0.1) is 3.57 Å². The molecular formula is C25H21IO3. The molecule has 4 rings (SSSR count). The van der Waals surface area contributed by atoms with E-state index in [1.54, 1.807) is 14.2 Å². The van der Waals surface area contributed by atoms with Crippen LogP contribution in [0.3, 0.4) is 0 Å². The Bertz CT molecular complexity index is 1130. The highest BCUT2D eigenvalue weighted by Gasteiger charge is 2.17. The first-order chi connectivity index (χ1) is 14.2. The van der Waals surface area contributed by atoms with Crippen molar-refractivity contribution in [3.8, 4) is 28.4 Å². The van der Waals surface area contributed by atoms with Crippen molar-refractivity contribution in [3.05, 3.63) is 88.0 Å². The summed E-state index contributed by atoms with van der Waals surface area (Å²) in [5.41, 5.74) is 3.45. The molecule has 0 N–H and O–H groups in total. The van der Waals surface area contributed by atoms with Gasteiger partial charge in [-0.3, -0.25) is 0 Å². The smallest absolute Gasteiger partial charge is 0.161 e. The summed E-state index contributed by atoms with van der Waals surface area (Å²) in [6.45, 7) is 0.505. The molecule has 0 fully saturated rings. The first-order valence-corrected chi connectivity index (χ1v) is 10.4. The Balaban J connectivity index is 1.90. The van der Waals surface area contributed by atoms with Crippen LogP contribution in [-0.2, 0) is 6.61 Å². The second kappa shape index (κ2) is 8.74. The summed E-state index contributed by atoms with van der Waals surface area (Å²) in [5, 5.41) is 2.07. The summed E-state index contributed by atoms with van der Waals surface area (Å²) in [5.74, 6) is 2.21. The van der Waals surface area contributed by atoms with Crippen molar-refractivity contribution in [2.75, 3.05) is 14.2 Å². The van der Waals surface area contributed by atoms with Crippen LogP contribution in [0.1, 0.15) is 5.56 Å². The highest BCUT2D eigenvalue weighted by molar-refractivity contribution is 14.1. The van der Waals surface area contributed by atoms with Crippen molar-refractivity contribution in [1.29, 1.82) is 0 Å². The van der Waals surface area contributed by atoms with Crippen molar-refractivity contribution in [3.63, 3.8) is 0 Å². The number of benzene rings is 4. The minimum Gasteiger partial charge on any atom is -0.493 e. The zero-order valence-corrected chi connectivity index (χ0v) is 18.5.